The molecule has 0 aliphatic carbocycles. The van der Waals surface area contributed by atoms with Gasteiger partial charge in [0.05, 0.1) is 0 Å². The quantitative estimate of drug-likeness (QED) is 0.574. The number of benzene rings is 3. The largest absolute Gasteiger partial charge is 0.478 e. The van der Waals surface area contributed by atoms with Crippen molar-refractivity contribution < 1.29 is 9.90 Å². The second kappa shape index (κ2) is 8.17. The molecule has 0 saturated carbocycles. The number of para-hydroxylation sites is 2. The van der Waals surface area contributed by atoms with Crippen molar-refractivity contribution in [1.29, 1.82) is 0 Å². The fourth-order valence-electron chi connectivity index (χ4n) is 2.96. The van der Waals surface area contributed by atoms with Crippen LogP contribution in [0.25, 0.3) is 6.08 Å². The number of carboxylic acids is 1. The Morgan fingerprint density at radius 3 is 1.96 bits per heavy atom. The highest BCUT2D eigenvalue weighted by molar-refractivity contribution is 5.86. The minimum atomic E-state index is -0.939. The van der Waals surface area contributed by atoms with Gasteiger partial charge >= 0.3 is 5.97 Å². The van der Waals surface area contributed by atoms with Crippen molar-refractivity contribution in [3.63, 3.8) is 0 Å². The normalized spacial score (nSPS) is 10.8. The van der Waals surface area contributed by atoms with Gasteiger partial charge in [-0.2, -0.15) is 0 Å². The van der Waals surface area contributed by atoms with Gasteiger partial charge in [0.1, 0.15) is 0 Å². The Hall–Kier alpha value is -3.33. The lowest BCUT2D eigenvalue weighted by molar-refractivity contribution is -0.131. The number of hydrogen-bond donors (Lipinski definition) is 1. The summed E-state index contributed by atoms with van der Waals surface area (Å²) < 4.78 is 0. The highest BCUT2D eigenvalue weighted by Crippen LogP contribution is 2.35. The van der Waals surface area contributed by atoms with Crippen LogP contribution in [0.4, 0.5) is 17.1 Å². The van der Waals surface area contributed by atoms with Gasteiger partial charge < -0.3 is 10.0 Å². The van der Waals surface area contributed by atoms with Crippen LogP contribution in [0.15, 0.2) is 84.9 Å². The van der Waals surface area contributed by atoms with E-state index in [4.69, 9.17) is 5.11 Å². The van der Waals surface area contributed by atoms with E-state index in [0.717, 1.165) is 34.6 Å². The predicted molar refractivity (Wildman–Crippen MR) is 107 cm³/mol. The Balaban J connectivity index is 2.09. The lowest BCUT2D eigenvalue weighted by atomic mass is 10.0. The van der Waals surface area contributed by atoms with Gasteiger partial charge in [-0.05, 0) is 60.0 Å². The maximum atomic E-state index is 10.8. The van der Waals surface area contributed by atoms with E-state index < -0.39 is 5.97 Å². The molecule has 0 aromatic heterocycles. The maximum Gasteiger partial charge on any atom is 0.328 e. The number of aliphatic carboxylic acids is 1. The zero-order valence-electron chi connectivity index (χ0n) is 14.7. The number of anilines is 3. The van der Waals surface area contributed by atoms with E-state index in [2.05, 4.69) is 42.2 Å². The van der Waals surface area contributed by atoms with Gasteiger partial charge in [-0.1, -0.05) is 49.4 Å². The highest BCUT2D eigenvalue weighted by Gasteiger charge is 2.13. The fraction of sp³-hybridized carbons (Fsp3) is 0.0870. The first-order valence-corrected chi connectivity index (χ1v) is 8.63. The van der Waals surface area contributed by atoms with E-state index in [1.165, 1.54) is 6.08 Å². The van der Waals surface area contributed by atoms with Crippen molar-refractivity contribution in [3.05, 3.63) is 96.1 Å². The molecule has 0 amide bonds. The lowest BCUT2D eigenvalue weighted by Crippen LogP contribution is -2.10. The average molecular weight is 343 g/mol. The second-order valence-corrected chi connectivity index (χ2v) is 5.91. The Labute approximate surface area is 153 Å². The zero-order chi connectivity index (χ0) is 18.4. The number of nitrogens with zero attached hydrogens (tertiary/aromatic N) is 1. The van der Waals surface area contributed by atoms with Crippen LogP contribution in [0.5, 0.6) is 0 Å². The Morgan fingerprint density at radius 1 is 0.885 bits per heavy atom. The molecular formula is C23H21NO2. The highest BCUT2D eigenvalue weighted by atomic mass is 16.4. The van der Waals surface area contributed by atoms with Gasteiger partial charge in [0.15, 0.2) is 0 Å². The van der Waals surface area contributed by atoms with Crippen LogP contribution < -0.4 is 4.90 Å². The third kappa shape index (κ3) is 4.01. The molecule has 0 atom stereocenters. The summed E-state index contributed by atoms with van der Waals surface area (Å²) >= 11 is 0. The molecule has 0 bridgehead atoms. The molecule has 3 aromatic rings. The standard InChI is InChI=1S/C23H21NO2/c1-2-18-17-22(15-13-19(18)14-16-23(25)26)24(20-9-5-3-6-10-20)21-11-7-4-8-12-21/h3-17H,2H2,1H3,(H,25,26). The Kier molecular flexibility index (Phi) is 5.49. The van der Waals surface area contributed by atoms with E-state index in [0.29, 0.717) is 0 Å². The third-order valence-electron chi connectivity index (χ3n) is 4.20. The average Bonchev–Trinajstić information content (AvgIpc) is 2.68. The molecule has 0 fully saturated rings. The smallest absolute Gasteiger partial charge is 0.328 e. The van der Waals surface area contributed by atoms with Crippen LogP contribution in [0.3, 0.4) is 0 Å². The topological polar surface area (TPSA) is 40.5 Å². The minimum Gasteiger partial charge on any atom is -0.478 e. The van der Waals surface area contributed by atoms with Crippen molar-refractivity contribution in [1.82, 2.24) is 0 Å². The molecule has 1 N–H and O–H groups in total. The van der Waals surface area contributed by atoms with Crippen molar-refractivity contribution in [2.24, 2.45) is 0 Å². The first-order chi connectivity index (χ1) is 12.7. The van der Waals surface area contributed by atoms with E-state index in [-0.39, 0.29) is 0 Å². The van der Waals surface area contributed by atoms with Gasteiger partial charge in [-0.25, -0.2) is 4.79 Å². The zero-order valence-corrected chi connectivity index (χ0v) is 14.7. The molecule has 3 rings (SSSR count). The van der Waals surface area contributed by atoms with Crippen molar-refractivity contribution in [2.75, 3.05) is 4.90 Å². The summed E-state index contributed by atoms with van der Waals surface area (Å²) in [4.78, 5) is 13.0. The second-order valence-electron chi connectivity index (χ2n) is 5.91. The van der Waals surface area contributed by atoms with Crippen LogP contribution in [-0.2, 0) is 11.2 Å². The van der Waals surface area contributed by atoms with Crippen LogP contribution in [0, 0.1) is 0 Å². The monoisotopic (exact) mass is 343 g/mol. The van der Waals surface area contributed by atoms with Gasteiger partial charge in [-0.3, -0.25) is 0 Å². The molecule has 3 nitrogen and oxygen atoms in total. The molecular weight excluding hydrogens is 322 g/mol. The van der Waals surface area contributed by atoms with Crippen LogP contribution in [0.2, 0.25) is 0 Å². The molecule has 0 spiro atoms. The van der Waals surface area contributed by atoms with Gasteiger partial charge in [0.2, 0.25) is 0 Å². The van der Waals surface area contributed by atoms with Crippen LogP contribution in [0.1, 0.15) is 18.1 Å². The first-order valence-electron chi connectivity index (χ1n) is 8.63. The number of aryl methyl sites for hydroxylation is 1. The van der Waals surface area contributed by atoms with Crippen molar-refractivity contribution in [2.45, 2.75) is 13.3 Å². The van der Waals surface area contributed by atoms with Gasteiger partial charge in [-0.15, -0.1) is 0 Å². The molecule has 0 unspecified atom stereocenters. The lowest BCUT2D eigenvalue weighted by Gasteiger charge is -2.26. The Morgan fingerprint density at radius 2 is 1.46 bits per heavy atom. The molecule has 26 heavy (non-hydrogen) atoms. The molecule has 0 aliphatic rings. The molecule has 3 heteroatoms. The number of rotatable bonds is 6. The molecule has 3 aromatic carbocycles. The number of hydrogen-bond acceptors (Lipinski definition) is 2. The van der Waals surface area contributed by atoms with E-state index >= 15 is 0 Å². The SMILES string of the molecule is CCc1cc(N(c2ccccc2)c2ccccc2)ccc1C=CC(=O)O. The summed E-state index contributed by atoms with van der Waals surface area (Å²) in [7, 11) is 0. The fourth-order valence-corrected chi connectivity index (χ4v) is 2.96. The summed E-state index contributed by atoms with van der Waals surface area (Å²) in [6, 6.07) is 26.6. The van der Waals surface area contributed by atoms with E-state index in [1.54, 1.807) is 6.08 Å². The van der Waals surface area contributed by atoms with Crippen LogP contribution in [-0.4, -0.2) is 11.1 Å². The summed E-state index contributed by atoms with van der Waals surface area (Å²) in [5.74, 6) is -0.939. The number of carbonyl (C=O) groups is 1. The van der Waals surface area contributed by atoms with E-state index in [1.807, 2.05) is 48.5 Å². The predicted octanol–water partition coefficient (Wildman–Crippen LogP) is 5.82. The molecule has 0 saturated heterocycles. The van der Waals surface area contributed by atoms with Gasteiger partial charge in [0.25, 0.3) is 0 Å². The Bertz CT molecular complexity index is 863. The van der Waals surface area contributed by atoms with Gasteiger partial charge in [0, 0.05) is 23.1 Å². The summed E-state index contributed by atoms with van der Waals surface area (Å²) in [6.45, 7) is 2.08. The third-order valence-corrected chi connectivity index (χ3v) is 4.20. The number of carboxylic acid groups (broad SMARTS) is 1. The summed E-state index contributed by atoms with van der Waals surface area (Å²) in [5.41, 5.74) is 5.24. The van der Waals surface area contributed by atoms with Crippen LogP contribution >= 0.6 is 0 Å². The summed E-state index contributed by atoms with van der Waals surface area (Å²) in [6.07, 6.45) is 3.66. The van der Waals surface area contributed by atoms with E-state index in [9.17, 15) is 4.79 Å². The first kappa shape index (κ1) is 17.5. The minimum absolute atomic E-state index is 0.824. The van der Waals surface area contributed by atoms with Crippen molar-refractivity contribution in [3.8, 4) is 0 Å². The molecule has 130 valence electrons. The molecule has 0 aliphatic heterocycles. The molecule has 0 heterocycles. The maximum absolute atomic E-state index is 10.8. The molecule has 0 radical (unpaired) electrons. The van der Waals surface area contributed by atoms with Crippen molar-refractivity contribution >= 4 is 29.1 Å². The summed E-state index contributed by atoms with van der Waals surface area (Å²) in [5, 5.41) is 8.88.